The Morgan fingerprint density at radius 3 is 2.29 bits per heavy atom. The highest BCUT2D eigenvalue weighted by Gasteiger charge is 2.31. The van der Waals surface area contributed by atoms with Crippen LogP contribution in [0.2, 0.25) is 0 Å². The van der Waals surface area contributed by atoms with Gasteiger partial charge in [-0.25, -0.2) is 0 Å². The van der Waals surface area contributed by atoms with Crippen molar-refractivity contribution in [1.82, 2.24) is 10.2 Å². The van der Waals surface area contributed by atoms with Gasteiger partial charge in [0.25, 0.3) is 0 Å². The first-order valence-electron chi connectivity index (χ1n) is 6.00. The average molecular weight is 198 g/mol. The van der Waals surface area contributed by atoms with Crippen molar-refractivity contribution in [3.8, 4) is 0 Å². The van der Waals surface area contributed by atoms with Gasteiger partial charge in [-0.1, -0.05) is 6.92 Å². The fourth-order valence-corrected chi connectivity index (χ4v) is 2.29. The van der Waals surface area contributed by atoms with Crippen molar-refractivity contribution in [2.24, 2.45) is 5.41 Å². The van der Waals surface area contributed by atoms with Crippen molar-refractivity contribution in [3.63, 3.8) is 0 Å². The molecule has 2 nitrogen and oxygen atoms in total. The van der Waals surface area contributed by atoms with E-state index in [4.69, 9.17) is 0 Å². The second kappa shape index (κ2) is 5.13. The van der Waals surface area contributed by atoms with Crippen molar-refractivity contribution in [2.75, 3.05) is 26.7 Å². The summed E-state index contributed by atoms with van der Waals surface area (Å²) >= 11 is 0. The number of nitrogens with zero attached hydrogens (tertiary/aromatic N) is 1. The van der Waals surface area contributed by atoms with Gasteiger partial charge in [-0.3, -0.25) is 0 Å². The van der Waals surface area contributed by atoms with E-state index >= 15 is 0 Å². The lowest BCUT2D eigenvalue weighted by molar-refractivity contribution is 0.106. The minimum atomic E-state index is 0.588. The van der Waals surface area contributed by atoms with Crippen LogP contribution in [0.15, 0.2) is 0 Å². The predicted octanol–water partition coefficient (Wildman–Crippen LogP) is 2.11. The molecule has 0 aromatic carbocycles. The molecule has 14 heavy (non-hydrogen) atoms. The molecule has 0 aliphatic carbocycles. The molecule has 0 spiro atoms. The molecular formula is C12H26N2. The van der Waals surface area contributed by atoms with Crippen molar-refractivity contribution in [2.45, 2.75) is 46.1 Å². The largest absolute Gasteiger partial charge is 0.317 e. The highest BCUT2D eigenvalue weighted by Crippen LogP contribution is 2.33. The summed E-state index contributed by atoms with van der Waals surface area (Å²) in [6.07, 6.45) is 4.02. The minimum Gasteiger partial charge on any atom is -0.317 e. The molecule has 1 N–H and O–H groups in total. The number of hydrogen-bond acceptors (Lipinski definition) is 2. The summed E-state index contributed by atoms with van der Waals surface area (Å²) in [6.45, 7) is 10.6. The summed E-state index contributed by atoms with van der Waals surface area (Å²) in [5, 5.41) is 3.46. The van der Waals surface area contributed by atoms with Gasteiger partial charge in [0.2, 0.25) is 0 Å². The summed E-state index contributed by atoms with van der Waals surface area (Å²) in [5.74, 6) is 0. The maximum absolute atomic E-state index is 3.46. The van der Waals surface area contributed by atoms with E-state index in [9.17, 15) is 0 Å². The highest BCUT2D eigenvalue weighted by atomic mass is 15.1. The van der Waals surface area contributed by atoms with Crippen LogP contribution >= 0.6 is 0 Å². The fourth-order valence-electron chi connectivity index (χ4n) is 2.29. The third kappa shape index (κ3) is 2.96. The molecule has 0 aromatic rings. The Morgan fingerprint density at radius 2 is 1.86 bits per heavy atom. The lowest BCUT2D eigenvalue weighted by atomic mass is 9.76. The highest BCUT2D eigenvalue weighted by molar-refractivity contribution is 4.86. The van der Waals surface area contributed by atoms with Crippen LogP contribution < -0.4 is 5.32 Å². The van der Waals surface area contributed by atoms with Crippen LogP contribution in [0.3, 0.4) is 0 Å². The Bertz CT molecular complexity index is 160. The molecule has 84 valence electrons. The second-order valence-corrected chi connectivity index (χ2v) is 5.11. The lowest BCUT2D eigenvalue weighted by Crippen LogP contribution is -2.45. The van der Waals surface area contributed by atoms with Gasteiger partial charge in [0.05, 0.1) is 0 Å². The van der Waals surface area contributed by atoms with Gasteiger partial charge >= 0.3 is 0 Å². The normalized spacial score (nSPS) is 21.9. The van der Waals surface area contributed by atoms with Crippen molar-refractivity contribution >= 4 is 0 Å². The molecule has 0 amide bonds. The first-order chi connectivity index (χ1) is 6.59. The van der Waals surface area contributed by atoms with Crippen LogP contribution in [0.5, 0.6) is 0 Å². The van der Waals surface area contributed by atoms with Crippen molar-refractivity contribution in [1.29, 1.82) is 0 Å². The summed E-state index contributed by atoms with van der Waals surface area (Å²) in [7, 11) is 2.25. The first-order valence-corrected chi connectivity index (χ1v) is 6.00. The van der Waals surface area contributed by atoms with Crippen LogP contribution in [0.25, 0.3) is 0 Å². The smallest absolute Gasteiger partial charge is 0.00385 e. The van der Waals surface area contributed by atoms with E-state index < -0.39 is 0 Å². The van der Waals surface area contributed by atoms with Crippen LogP contribution in [-0.4, -0.2) is 37.6 Å². The van der Waals surface area contributed by atoms with Gasteiger partial charge in [-0.05, 0) is 58.7 Å². The molecule has 1 rings (SSSR count). The standard InChI is InChI=1S/C12H26N2/c1-5-12(6-8-13-9-7-12)10-14(4)11(2)3/h11,13H,5-10H2,1-4H3. The Morgan fingerprint density at radius 1 is 1.29 bits per heavy atom. The van der Waals surface area contributed by atoms with Crippen molar-refractivity contribution in [3.05, 3.63) is 0 Å². The maximum Gasteiger partial charge on any atom is 0.00385 e. The van der Waals surface area contributed by atoms with Gasteiger partial charge in [0, 0.05) is 12.6 Å². The van der Waals surface area contributed by atoms with E-state index in [1.165, 1.54) is 38.9 Å². The molecular weight excluding hydrogens is 172 g/mol. The quantitative estimate of drug-likeness (QED) is 0.744. The molecule has 0 radical (unpaired) electrons. The molecule has 1 saturated heterocycles. The molecule has 0 atom stereocenters. The van der Waals surface area contributed by atoms with E-state index in [1.807, 2.05) is 0 Å². The Kier molecular flexibility index (Phi) is 4.39. The predicted molar refractivity (Wildman–Crippen MR) is 62.6 cm³/mol. The van der Waals surface area contributed by atoms with Crippen LogP contribution in [0.4, 0.5) is 0 Å². The molecule has 0 unspecified atom stereocenters. The second-order valence-electron chi connectivity index (χ2n) is 5.11. The van der Waals surface area contributed by atoms with E-state index in [0.29, 0.717) is 11.5 Å². The molecule has 0 saturated carbocycles. The minimum absolute atomic E-state index is 0.588. The summed E-state index contributed by atoms with van der Waals surface area (Å²) in [5.41, 5.74) is 0.588. The van der Waals surface area contributed by atoms with E-state index in [0.717, 1.165) is 0 Å². The monoisotopic (exact) mass is 198 g/mol. The number of piperidine rings is 1. The van der Waals surface area contributed by atoms with E-state index in [-0.39, 0.29) is 0 Å². The Labute approximate surface area is 89.1 Å². The fraction of sp³-hybridized carbons (Fsp3) is 1.00. The summed E-state index contributed by atoms with van der Waals surface area (Å²) in [6, 6.07) is 0.674. The van der Waals surface area contributed by atoms with E-state index in [1.54, 1.807) is 0 Å². The zero-order chi connectivity index (χ0) is 10.6. The number of hydrogen-bond donors (Lipinski definition) is 1. The molecule has 0 aromatic heterocycles. The Balaban J connectivity index is 2.51. The maximum atomic E-state index is 3.46. The molecule has 0 bridgehead atoms. The molecule has 1 fully saturated rings. The van der Waals surface area contributed by atoms with Gasteiger partial charge in [0.15, 0.2) is 0 Å². The number of rotatable bonds is 4. The average Bonchev–Trinajstić information content (AvgIpc) is 2.19. The topological polar surface area (TPSA) is 15.3 Å². The van der Waals surface area contributed by atoms with Gasteiger partial charge in [0.1, 0.15) is 0 Å². The van der Waals surface area contributed by atoms with E-state index in [2.05, 4.69) is 38.0 Å². The van der Waals surface area contributed by atoms with Gasteiger partial charge in [-0.2, -0.15) is 0 Å². The summed E-state index contributed by atoms with van der Waals surface area (Å²) in [4.78, 5) is 2.49. The molecule has 1 aliphatic heterocycles. The van der Waals surface area contributed by atoms with Gasteiger partial charge < -0.3 is 10.2 Å². The van der Waals surface area contributed by atoms with Crippen LogP contribution in [0.1, 0.15) is 40.0 Å². The van der Waals surface area contributed by atoms with Gasteiger partial charge in [-0.15, -0.1) is 0 Å². The molecule has 2 heteroatoms. The van der Waals surface area contributed by atoms with Crippen LogP contribution in [0, 0.1) is 5.41 Å². The number of nitrogens with one attached hydrogen (secondary N) is 1. The SMILES string of the molecule is CCC1(CN(C)C(C)C)CCNCC1. The van der Waals surface area contributed by atoms with Crippen LogP contribution in [-0.2, 0) is 0 Å². The van der Waals surface area contributed by atoms with Crippen molar-refractivity contribution < 1.29 is 0 Å². The molecule has 1 aliphatic rings. The molecule has 1 heterocycles. The lowest BCUT2D eigenvalue weighted by Gasteiger charge is -2.41. The summed E-state index contributed by atoms with van der Waals surface area (Å²) < 4.78 is 0. The zero-order valence-corrected chi connectivity index (χ0v) is 10.3. The zero-order valence-electron chi connectivity index (χ0n) is 10.3. The third-order valence-electron chi connectivity index (χ3n) is 3.88. The Hall–Kier alpha value is -0.0800. The first kappa shape index (κ1) is 12.0. The third-order valence-corrected chi connectivity index (χ3v) is 3.88.